The van der Waals surface area contributed by atoms with Gasteiger partial charge in [0.25, 0.3) is 0 Å². The average molecular weight is 318 g/mol. The van der Waals surface area contributed by atoms with E-state index in [9.17, 15) is 9.59 Å². The lowest BCUT2D eigenvalue weighted by atomic mass is 9.95. The summed E-state index contributed by atoms with van der Waals surface area (Å²) in [7, 11) is 0. The Labute approximate surface area is 139 Å². The van der Waals surface area contributed by atoms with Crippen LogP contribution in [-0.2, 0) is 9.59 Å². The third kappa shape index (κ3) is 4.82. The second-order valence-corrected chi connectivity index (χ2v) is 7.44. The summed E-state index contributed by atoms with van der Waals surface area (Å²) in [4.78, 5) is 24.4. The Balaban J connectivity index is 1.33. The van der Waals surface area contributed by atoms with Crippen LogP contribution in [0.4, 0.5) is 0 Å². The fourth-order valence-electron chi connectivity index (χ4n) is 3.94. The number of hydrogen-bond acceptors (Lipinski definition) is 2. The van der Waals surface area contributed by atoms with Crippen LogP contribution in [-0.4, -0.2) is 24.4 Å². The van der Waals surface area contributed by atoms with Gasteiger partial charge in [-0.15, -0.1) is 0 Å². The van der Waals surface area contributed by atoms with Gasteiger partial charge in [0.05, 0.1) is 11.8 Å². The molecule has 3 aliphatic carbocycles. The Morgan fingerprint density at radius 3 is 2.52 bits per heavy atom. The molecule has 2 unspecified atom stereocenters. The van der Waals surface area contributed by atoms with Crippen LogP contribution in [0.15, 0.2) is 11.6 Å². The van der Waals surface area contributed by atoms with Crippen molar-refractivity contribution in [2.24, 2.45) is 11.8 Å². The van der Waals surface area contributed by atoms with E-state index in [1.165, 1.54) is 50.5 Å². The number of nitrogens with one attached hydrogen (secondary N) is 2. The van der Waals surface area contributed by atoms with Crippen molar-refractivity contribution in [3.63, 3.8) is 0 Å². The molecular weight excluding hydrogens is 288 g/mol. The van der Waals surface area contributed by atoms with Crippen LogP contribution in [0.25, 0.3) is 0 Å². The highest BCUT2D eigenvalue weighted by Crippen LogP contribution is 2.39. The van der Waals surface area contributed by atoms with Crippen molar-refractivity contribution < 1.29 is 9.59 Å². The van der Waals surface area contributed by atoms with Crippen LogP contribution in [0, 0.1) is 11.8 Å². The highest BCUT2D eigenvalue weighted by atomic mass is 16.2. The molecule has 2 fully saturated rings. The number of amides is 2. The van der Waals surface area contributed by atoms with E-state index in [0.717, 1.165) is 32.2 Å². The summed E-state index contributed by atoms with van der Waals surface area (Å²) in [5.41, 5.74) is 1.49. The van der Waals surface area contributed by atoms with Crippen LogP contribution in [0.3, 0.4) is 0 Å². The molecule has 3 rings (SSSR count). The van der Waals surface area contributed by atoms with Crippen molar-refractivity contribution in [3.05, 3.63) is 11.6 Å². The molecule has 0 saturated heterocycles. The molecule has 2 amide bonds. The molecule has 0 aromatic carbocycles. The molecule has 3 aliphatic rings. The van der Waals surface area contributed by atoms with Gasteiger partial charge in [-0.2, -0.15) is 0 Å². The van der Waals surface area contributed by atoms with E-state index in [1.54, 1.807) is 0 Å². The lowest BCUT2D eigenvalue weighted by Gasteiger charge is -2.22. The molecule has 0 bridgehead atoms. The molecule has 0 radical (unpaired) electrons. The second-order valence-electron chi connectivity index (χ2n) is 7.44. The van der Waals surface area contributed by atoms with Crippen LogP contribution >= 0.6 is 0 Å². The van der Waals surface area contributed by atoms with E-state index >= 15 is 0 Å². The second kappa shape index (κ2) is 7.98. The average Bonchev–Trinajstić information content (AvgIpc) is 3.37. The minimum Gasteiger partial charge on any atom is -0.356 e. The molecule has 0 aliphatic heterocycles. The number of rotatable bonds is 6. The van der Waals surface area contributed by atoms with Crippen molar-refractivity contribution in [3.8, 4) is 0 Å². The molecule has 0 heterocycles. The number of hydrogen-bond donors (Lipinski definition) is 2. The first kappa shape index (κ1) is 16.5. The smallest absolute Gasteiger partial charge is 0.224 e. The summed E-state index contributed by atoms with van der Waals surface area (Å²) in [6, 6.07) is 0.346. The quantitative estimate of drug-likeness (QED) is 0.739. The predicted octanol–water partition coefficient (Wildman–Crippen LogP) is 3.08. The van der Waals surface area contributed by atoms with Gasteiger partial charge in [-0.3, -0.25) is 9.59 Å². The molecule has 0 aromatic heterocycles. The summed E-state index contributed by atoms with van der Waals surface area (Å²) >= 11 is 0. The van der Waals surface area contributed by atoms with Crippen LogP contribution in [0.1, 0.15) is 70.6 Å². The lowest BCUT2D eigenvalue weighted by molar-refractivity contribution is -0.127. The third-order valence-corrected chi connectivity index (χ3v) is 5.55. The molecule has 0 spiro atoms. The molecule has 128 valence electrons. The molecule has 4 nitrogen and oxygen atoms in total. The fraction of sp³-hybridized carbons (Fsp3) is 0.789. The van der Waals surface area contributed by atoms with Crippen molar-refractivity contribution in [1.82, 2.24) is 10.6 Å². The standard InChI is InChI=1S/C19H30N2O2/c22-18(20-12-11-14-7-3-1-4-8-14)16-13-17(16)19(23)21-15-9-5-2-6-10-15/h7,15-17H,1-6,8-13H2,(H,20,22)(H,21,23). The third-order valence-electron chi connectivity index (χ3n) is 5.55. The van der Waals surface area contributed by atoms with E-state index in [-0.39, 0.29) is 23.7 Å². The van der Waals surface area contributed by atoms with Gasteiger partial charge in [-0.1, -0.05) is 30.9 Å². The van der Waals surface area contributed by atoms with E-state index in [4.69, 9.17) is 0 Å². The Kier molecular flexibility index (Phi) is 5.74. The highest BCUT2D eigenvalue weighted by Gasteiger charge is 2.48. The largest absolute Gasteiger partial charge is 0.356 e. The zero-order chi connectivity index (χ0) is 16.1. The first-order chi connectivity index (χ1) is 11.2. The van der Waals surface area contributed by atoms with Crippen molar-refractivity contribution in [1.29, 1.82) is 0 Å². The van der Waals surface area contributed by atoms with Crippen molar-refractivity contribution in [2.45, 2.75) is 76.7 Å². The number of allylic oxidation sites excluding steroid dienone is 1. The first-order valence-electron chi connectivity index (χ1n) is 9.50. The molecular formula is C19H30N2O2. The summed E-state index contributed by atoms with van der Waals surface area (Å²) < 4.78 is 0. The van der Waals surface area contributed by atoms with Gasteiger partial charge < -0.3 is 10.6 Å². The molecule has 2 saturated carbocycles. The Morgan fingerprint density at radius 2 is 1.78 bits per heavy atom. The predicted molar refractivity (Wildman–Crippen MR) is 90.8 cm³/mol. The Morgan fingerprint density at radius 1 is 1.00 bits per heavy atom. The zero-order valence-corrected chi connectivity index (χ0v) is 14.1. The van der Waals surface area contributed by atoms with Gasteiger partial charge >= 0.3 is 0 Å². The van der Waals surface area contributed by atoms with Gasteiger partial charge in [0, 0.05) is 12.6 Å². The number of carbonyl (C=O) groups is 2. The van der Waals surface area contributed by atoms with E-state index < -0.39 is 0 Å². The van der Waals surface area contributed by atoms with Gasteiger partial charge in [-0.05, 0) is 51.4 Å². The van der Waals surface area contributed by atoms with Crippen molar-refractivity contribution in [2.75, 3.05) is 6.54 Å². The summed E-state index contributed by atoms with van der Waals surface area (Å²) in [6.07, 6.45) is 14.9. The van der Waals surface area contributed by atoms with E-state index in [1.807, 2.05) is 0 Å². The van der Waals surface area contributed by atoms with Crippen LogP contribution < -0.4 is 10.6 Å². The molecule has 2 N–H and O–H groups in total. The topological polar surface area (TPSA) is 58.2 Å². The molecule has 4 heteroatoms. The fourth-order valence-corrected chi connectivity index (χ4v) is 3.94. The minimum absolute atomic E-state index is 0.0743. The van der Waals surface area contributed by atoms with Crippen LogP contribution in [0.2, 0.25) is 0 Å². The summed E-state index contributed by atoms with van der Waals surface area (Å²) in [6.45, 7) is 0.720. The zero-order valence-electron chi connectivity index (χ0n) is 14.1. The summed E-state index contributed by atoms with van der Waals surface area (Å²) in [5, 5.41) is 6.17. The molecule has 0 aromatic rings. The van der Waals surface area contributed by atoms with Gasteiger partial charge in [0.1, 0.15) is 0 Å². The van der Waals surface area contributed by atoms with Gasteiger partial charge in [0.2, 0.25) is 11.8 Å². The normalized spacial score (nSPS) is 27.9. The van der Waals surface area contributed by atoms with Crippen molar-refractivity contribution >= 4 is 11.8 Å². The molecule has 23 heavy (non-hydrogen) atoms. The van der Waals surface area contributed by atoms with Crippen LogP contribution in [0.5, 0.6) is 0 Å². The molecule has 2 atom stereocenters. The Hall–Kier alpha value is -1.32. The minimum atomic E-state index is -0.0843. The number of carbonyl (C=O) groups excluding carboxylic acids is 2. The van der Waals surface area contributed by atoms with Gasteiger partial charge in [-0.25, -0.2) is 0 Å². The SMILES string of the molecule is O=C(NCCC1=CCCCC1)C1CC1C(=O)NC1CCCCC1. The lowest BCUT2D eigenvalue weighted by Crippen LogP contribution is -2.38. The first-order valence-corrected chi connectivity index (χ1v) is 9.50. The Bertz CT molecular complexity index is 466. The maximum atomic E-state index is 12.2. The van der Waals surface area contributed by atoms with E-state index in [0.29, 0.717) is 6.04 Å². The summed E-state index contributed by atoms with van der Waals surface area (Å²) in [5.74, 6) is 0.0157. The monoisotopic (exact) mass is 318 g/mol. The van der Waals surface area contributed by atoms with E-state index in [2.05, 4.69) is 16.7 Å². The maximum absolute atomic E-state index is 12.2. The maximum Gasteiger partial charge on any atom is 0.224 e. The highest BCUT2D eigenvalue weighted by molar-refractivity contribution is 5.92. The van der Waals surface area contributed by atoms with Gasteiger partial charge in [0.15, 0.2) is 0 Å².